The molecule has 1 aliphatic heterocycles. The van der Waals surface area contributed by atoms with Gasteiger partial charge >= 0.3 is 0 Å². The van der Waals surface area contributed by atoms with Crippen molar-refractivity contribution in [1.82, 2.24) is 10.3 Å². The van der Waals surface area contributed by atoms with Gasteiger partial charge in [0.15, 0.2) is 0 Å². The third-order valence-corrected chi connectivity index (χ3v) is 4.42. The first kappa shape index (κ1) is 13.5. The molecule has 20 heavy (non-hydrogen) atoms. The highest BCUT2D eigenvalue weighted by Crippen LogP contribution is 2.32. The van der Waals surface area contributed by atoms with Gasteiger partial charge in [-0.3, -0.25) is 4.98 Å². The molecule has 2 unspecified atom stereocenters. The highest BCUT2D eigenvalue weighted by Gasteiger charge is 2.35. The normalized spacial score (nSPS) is 22.6. The number of piperidine rings is 1. The molecule has 2 heterocycles. The van der Waals surface area contributed by atoms with Crippen LogP contribution in [0.5, 0.6) is 0 Å². The SMILES string of the molecule is CC(F)(Cc1ccnc2ccccc12)C1CCCNC1. The van der Waals surface area contributed by atoms with Crippen LogP contribution in [0, 0.1) is 5.92 Å². The standard InChI is InChI=1S/C17H21FN2/c1-17(18,14-5-4-9-19-12-14)11-13-8-10-20-16-7-3-2-6-15(13)16/h2-3,6-8,10,14,19H,4-5,9,11-12H2,1H3. The molecule has 2 aromatic rings. The number of nitrogens with one attached hydrogen (secondary N) is 1. The minimum atomic E-state index is -1.17. The van der Waals surface area contributed by atoms with E-state index in [0.717, 1.165) is 42.4 Å². The third-order valence-electron chi connectivity index (χ3n) is 4.42. The molecule has 106 valence electrons. The Balaban J connectivity index is 1.88. The molecule has 1 saturated heterocycles. The highest BCUT2D eigenvalue weighted by molar-refractivity contribution is 5.81. The summed E-state index contributed by atoms with van der Waals surface area (Å²) in [6.45, 7) is 3.56. The summed E-state index contributed by atoms with van der Waals surface area (Å²) in [5.41, 5.74) is 0.839. The van der Waals surface area contributed by atoms with Gasteiger partial charge in [0, 0.05) is 30.5 Å². The van der Waals surface area contributed by atoms with Gasteiger partial charge in [-0.1, -0.05) is 18.2 Å². The summed E-state index contributed by atoms with van der Waals surface area (Å²) in [6.07, 6.45) is 4.29. The summed E-state index contributed by atoms with van der Waals surface area (Å²) in [7, 11) is 0. The molecule has 0 spiro atoms. The number of para-hydroxylation sites is 1. The van der Waals surface area contributed by atoms with E-state index >= 15 is 4.39 Å². The lowest BCUT2D eigenvalue weighted by Gasteiger charge is -2.34. The maximum Gasteiger partial charge on any atom is 0.116 e. The van der Waals surface area contributed by atoms with E-state index in [1.807, 2.05) is 30.3 Å². The molecule has 1 aliphatic rings. The molecule has 0 saturated carbocycles. The average Bonchev–Trinajstić information content (AvgIpc) is 2.48. The number of hydrogen-bond acceptors (Lipinski definition) is 2. The first-order valence-corrected chi connectivity index (χ1v) is 7.39. The summed E-state index contributed by atoms with van der Waals surface area (Å²) in [4.78, 5) is 4.35. The summed E-state index contributed by atoms with van der Waals surface area (Å²) in [5, 5.41) is 4.38. The Bertz CT molecular complexity index is 583. The van der Waals surface area contributed by atoms with Gasteiger partial charge in [0.25, 0.3) is 0 Å². The fourth-order valence-corrected chi connectivity index (χ4v) is 3.19. The van der Waals surface area contributed by atoms with Crippen LogP contribution >= 0.6 is 0 Å². The van der Waals surface area contributed by atoms with Crippen molar-refractivity contribution in [2.45, 2.75) is 31.9 Å². The van der Waals surface area contributed by atoms with Gasteiger partial charge in [0.05, 0.1) is 5.52 Å². The van der Waals surface area contributed by atoms with Crippen molar-refractivity contribution >= 4 is 10.9 Å². The molecular weight excluding hydrogens is 251 g/mol. The Morgan fingerprint density at radius 1 is 1.35 bits per heavy atom. The van der Waals surface area contributed by atoms with Crippen LogP contribution in [-0.2, 0) is 6.42 Å². The summed E-state index contributed by atoms with van der Waals surface area (Å²) < 4.78 is 15.1. The van der Waals surface area contributed by atoms with Crippen molar-refractivity contribution in [1.29, 1.82) is 0 Å². The smallest absolute Gasteiger partial charge is 0.116 e. The van der Waals surface area contributed by atoms with Crippen molar-refractivity contribution in [3.05, 3.63) is 42.1 Å². The topological polar surface area (TPSA) is 24.9 Å². The molecule has 0 radical (unpaired) electrons. The number of nitrogens with zero attached hydrogens (tertiary/aromatic N) is 1. The van der Waals surface area contributed by atoms with Gasteiger partial charge in [-0.05, 0) is 44.0 Å². The molecule has 0 aliphatic carbocycles. The molecule has 0 bridgehead atoms. The number of alkyl halides is 1. The lowest BCUT2D eigenvalue weighted by molar-refractivity contribution is 0.0837. The third kappa shape index (κ3) is 2.68. The molecule has 0 amide bonds. The van der Waals surface area contributed by atoms with Crippen LogP contribution in [0.2, 0.25) is 0 Å². The van der Waals surface area contributed by atoms with Crippen LogP contribution in [0.4, 0.5) is 4.39 Å². The molecular formula is C17H21FN2. The average molecular weight is 272 g/mol. The van der Waals surface area contributed by atoms with Crippen LogP contribution in [0.15, 0.2) is 36.5 Å². The first-order chi connectivity index (χ1) is 9.67. The number of aromatic nitrogens is 1. The second kappa shape index (κ2) is 5.49. The van der Waals surface area contributed by atoms with E-state index in [4.69, 9.17) is 0 Å². The lowest BCUT2D eigenvalue weighted by atomic mass is 9.80. The minimum Gasteiger partial charge on any atom is -0.316 e. The molecule has 2 nitrogen and oxygen atoms in total. The Kier molecular flexibility index (Phi) is 3.70. The Morgan fingerprint density at radius 2 is 2.20 bits per heavy atom. The van der Waals surface area contributed by atoms with Gasteiger partial charge in [0.1, 0.15) is 5.67 Å². The van der Waals surface area contributed by atoms with E-state index in [1.165, 1.54) is 0 Å². The van der Waals surface area contributed by atoms with E-state index in [2.05, 4.69) is 10.3 Å². The van der Waals surface area contributed by atoms with Crippen molar-refractivity contribution in [2.75, 3.05) is 13.1 Å². The number of benzene rings is 1. The molecule has 1 fully saturated rings. The zero-order valence-corrected chi connectivity index (χ0v) is 11.9. The summed E-state index contributed by atoms with van der Waals surface area (Å²) >= 11 is 0. The molecule has 1 aromatic carbocycles. The predicted octanol–water partition coefficient (Wildman–Crippen LogP) is 3.51. The first-order valence-electron chi connectivity index (χ1n) is 7.39. The maximum atomic E-state index is 15.1. The van der Waals surface area contributed by atoms with E-state index in [9.17, 15) is 0 Å². The number of hydrogen-bond donors (Lipinski definition) is 1. The summed E-state index contributed by atoms with van der Waals surface area (Å²) in [5.74, 6) is 0.100. The van der Waals surface area contributed by atoms with Crippen molar-refractivity contribution in [2.24, 2.45) is 5.92 Å². The van der Waals surface area contributed by atoms with Gasteiger partial charge in [-0.2, -0.15) is 0 Å². The Morgan fingerprint density at radius 3 is 3.00 bits per heavy atom. The van der Waals surface area contributed by atoms with Crippen molar-refractivity contribution < 1.29 is 4.39 Å². The number of halogens is 1. The number of pyridine rings is 1. The van der Waals surface area contributed by atoms with E-state index in [1.54, 1.807) is 13.1 Å². The second-order valence-corrected chi connectivity index (χ2v) is 5.99. The zero-order valence-electron chi connectivity index (χ0n) is 11.9. The lowest BCUT2D eigenvalue weighted by Crippen LogP contribution is -2.42. The largest absolute Gasteiger partial charge is 0.316 e. The van der Waals surface area contributed by atoms with Crippen LogP contribution in [0.25, 0.3) is 10.9 Å². The van der Waals surface area contributed by atoms with Gasteiger partial charge in [-0.15, -0.1) is 0 Å². The predicted molar refractivity (Wildman–Crippen MR) is 80.6 cm³/mol. The van der Waals surface area contributed by atoms with Gasteiger partial charge < -0.3 is 5.32 Å². The fourth-order valence-electron chi connectivity index (χ4n) is 3.19. The van der Waals surface area contributed by atoms with Crippen LogP contribution in [0.1, 0.15) is 25.3 Å². The van der Waals surface area contributed by atoms with Crippen molar-refractivity contribution in [3.63, 3.8) is 0 Å². The maximum absolute atomic E-state index is 15.1. The van der Waals surface area contributed by atoms with Gasteiger partial charge in [-0.25, -0.2) is 4.39 Å². The number of rotatable bonds is 3. The van der Waals surface area contributed by atoms with Crippen LogP contribution < -0.4 is 5.32 Å². The summed E-state index contributed by atoms with van der Waals surface area (Å²) in [6, 6.07) is 9.93. The quantitative estimate of drug-likeness (QED) is 0.925. The molecule has 3 rings (SSSR count). The van der Waals surface area contributed by atoms with E-state index in [-0.39, 0.29) is 5.92 Å². The Labute approximate surface area is 119 Å². The van der Waals surface area contributed by atoms with Crippen LogP contribution in [0.3, 0.4) is 0 Å². The molecule has 2 atom stereocenters. The van der Waals surface area contributed by atoms with E-state index in [0.29, 0.717) is 6.42 Å². The highest BCUT2D eigenvalue weighted by atomic mass is 19.1. The van der Waals surface area contributed by atoms with Gasteiger partial charge in [0.2, 0.25) is 0 Å². The zero-order chi connectivity index (χ0) is 14.0. The fraction of sp³-hybridized carbons (Fsp3) is 0.471. The van der Waals surface area contributed by atoms with Crippen molar-refractivity contribution in [3.8, 4) is 0 Å². The number of fused-ring (bicyclic) bond motifs is 1. The van der Waals surface area contributed by atoms with Crippen LogP contribution in [-0.4, -0.2) is 23.7 Å². The molecule has 1 N–H and O–H groups in total. The minimum absolute atomic E-state index is 0.100. The second-order valence-electron chi connectivity index (χ2n) is 5.99. The molecule has 1 aromatic heterocycles. The Hall–Kier alpha value is -1.48. The van der Waals surface area contributed by atoms with E-state index < -0.39 is 5.67 Å². The monoisotopic (exact) mass is 272 g/mol. The molecule has 3 heteroatoms.